The van der Waals surface area contributed by atoms with E-state index >= 15 is 0 Å². The topological polar surface area (TPSA) is 36.9 Å². The van der Waals surface area contributed by atoms with Crippen molar-refractivity contribution in [2.24, 2.45) is 0 Å². The Morgan fingerprint density at radius 3 is 1.83 bits per heavy atom. The highest BCUT2D eigenvalue weighted by Crippen LogP contribution is 2.44. The molecular weight excluding hydrogens is 325 g/mol. The van der Waals surface area contributed by atoms with Gasteiger partial charge in [0.05, 0.1) is 21.3 Å². The van der Waals surface area contributed by atoms with Gasteiger partial charge >= 0.3 is 6.36 Å². The number of alkyl halides is 3. The average molecular weight is 342 g/mol. The number of ether oxygens (including phenoxy) is 4. The first-order chi connectivity index (χ1) is 11.3. The maximum atomic E-state index is 12.7. The van der Waals surface area contributed by atoms with Gasteiger partial charge in [-0.15, -0.1) is 13.2 Å². The molecule has 0 aliphatic carbocycles. The van der Waals surface area contributed by atoms with Crippen molar-refractivity contribution in [2.75, 3.05) is 21.3 Å². The van der Waals surface area contributed by atoms with Crippen LogP contribution in [0.15, 0.2) is 30.3 Å². The molecule has 0 amide bonds. The number of benzene rings is 2. The summed E-state index contributed by atoms with van der Waals surface area (Å²) in [5.74, 6) is 0.731. The minimum absolute atomic E-state index is 0.270. The number of hydrogen-bond acceptors (Lipinski definition) is 4. The van der Waals surface area contributed by atoms with Gasteiger partial charge in [0.15, 0.2) is 11.5 Å². The summed E-state index contributed by atoms with van der Waals surface area (Å²) < 4.78 is 57.8. The fourth-order valence-electron chi connectivity index (χ4n) is 2.32. The summed E-state index contributed by atoms with van der Waals surface area (Å²) in [6.07, 6.45) is -4.79. The van der Waals surface area contributed by atoms with Crippen LogP contribution in [-0.4, -0.2) is 27.7 Å². The van der Waals surface area contributed by atoms with Gasteiger partial charge in [-0.1, -0.05) is 11.6 Å². The van der Waals surface area contributed by atoms with Crippen molar-refractivity contribution in [3.05, 3.63) is 35.9 Å². The summed E-state index contributed by atoms with van der Waals surface area (Å²) in [7, 11) is 4.32. The number of hydrogen-bond donors (Lipinski definition) is 0. The van der Waals surface area contributed by atoms with E-state index in [-0.39, 0.29) is 11.3 Å². The molecule has 7 heteroatoms. The van der Waals surface area contributed by atoms with E-state index in [0.717, 1.165) is 5.56 Å². The Bertz CT molecular complexity index is 701. The van der Waals surface area contributed by atoms with Gasteiger partial charge in [-0.2, -0.15) is 0 Å². The molecule has 0 saturated heterocycles. The quantitative estimate of drug-likeness (QED) is 0.797. The van der Waals surface area contributed by atoms with Crippen molar-refractivity contribution < 1.29 is 32.1 Å². The first-order valence-electron chi connectivity index (χ1n) is 6.96. The molecule has 0 heterocycles. The van der Waals surface area contributed by atoms with Gasteiger partial charge in [0.25, 0.3) is 0 Å². The van der Waals surface area contributed by atoms with Crippen molar-refractivity contribution >= 4 is 0 Å². The Balaban J connectivity index is 2.65. The van der Waals surface area contributed by atoms with Gasteiger partial charge < -0.3 is 18.9 Å². The minimum Gasteiger partial charge on any atom is -0.493 e. The van der Waals surface area contributed by atoms with Crippen LogP contribution in [0.4, 0.5) is 13.2 Å². The summed E-state index contributed by atoms with van der Waals surface area (Å²) in [6, 6.07) is 7.56. The molecule has 0 unspecified atom stereocenters. The predicted octanol–water partition coefficient (Wildman–Crippen LogP) is 4.59. The Hall–Kier alpha value is -2.57. The fraction of sp³-hybridized carbons (Fsp3) is 0.294. The zero-order chi connectivity index (χ0) is 17.9. The molecule has 0 atom stereocenters. The van der Waals surface area contributed by atoms with Crippen LogP contribution in [0, 0.1) is 6.92 Å². The molecule has 0 saturated carbocycles. The molecule has 0 bridgehead atoms. The molecule has 0 aliphatic heterocycles. The van der Waals surface area contributed by atoms with Crippen molar-refractivity contribution in [3.8, 4) is 34.1 Å². The van der Waals surface area contributed by atoms with Gasteiger partial charge in [-0.3, -0.25) is 0 Å². The molecular formula is C17H17F3O4. The summed E-state index contributed by atoms with van der Waals surface area (Å²) in [4.78, 5) is 0. The van der Waals surface area contributed by atoms with Crippen LogP contribution in [0.3, 0.4) is 0 Å². The first-order valence-corrected chi connectivity index (χ1v) is 6.96. The summed E-state index contributed by atoms with van der Waals surface area (Å²) in [6.45, 7) is 1.78. The predicted molar refractivity (Wildman–Crippen MR) is 83.0 cm³/mol. The molecule has 0 aromatic heterocycles. The molecule has 0 radical (unpaired) electrons. The highest BCUT2D eigenvalue weighted by Gasteiger charge is 2.32. The molecule has 0 spiro atoms. The lowest BCUT2D eigenvalue weighted by molar-refractivity contribution is -0.274. The van der Waals surface area contributed by atoms with E-state index in [0.29, 0.717) is 22.8 Å². The second-order valence-corrected chi connectivity index (χ2v) is 4.96. The van der Waals surface area contributed by atoms with E-state index in [1.807, 2.05) is 0 Å². The zero-order valence-corrected chi connectivity index (χ0v) is 13.7. The molecule has 0 fully saturated rings. The van der Waals surface area contributed by atoms with Gasteiger partial charge in [-0.25, -0.2) is 0 Å². The summed E-state index contributed by atoms with van der Waals surface area (Å²) in [5.41, 5.74) is 1.51. The van der Waals surface area contributed by atoms with E-state index in [4.69, 9.17) is 14.2 Å². The third-order valence-corrected chi connectivity index (χ3v) is 3.34. The largest absolute Gasteiger partial charge is 0.573 e. The van der Waals surface area contributed by atoms with Gasteiger partial charge in [0, 0.05) is 5.56 Å². The lowest BCUT2D eigenvalue weighted by Gasteiger charge is -2.17. The SMILES string of the molecule is COc1cc(-c2cc(C)ccc2OC(F)(F)F)cc(OC)c1OC. The van der Waals surface area contributed by atoms with Crippen molar-refractivity contribution in [3.63, 3.8) is 0 Å². The fourth-order valence-corrected chi connectivity index (χ4v) is 2.32. The molecule has 24 heavy (non-hydrogen) atoms. The normalized spacial score (nSPS) is 11.1. The van der Waals surface area contributed by atoms with E-state index < -0.39 is 6.36 Å². The van der Waals surface area contributed by atoms with Crippen molar-refractivity contribution in [1.29, 1.82) is 0 Å². The number of methoxy groups -OCH3 is 3. The van der Waals surface area contributed by atoms with E-state index in [9.17, 15) is 13.2 Å². The Kier molecular flexibility index (Phi) is 5.11. The van der Waals surface area contributed by atoms with Crippen LogP contribution in [0.25, 0.3) is 11.1 Å². The number of rotatable bonds is 5. The molecule has 2 aromatic carbocycles. The third-order valence-electron chi connectivity index (χ3n) is 3.34. The number of aryl methyl sites for hydroxylation is 1. The van der Waals surface area contributed by atoms with Crippen LogP contribution >= 0.6 is 0 Å². The number of halogens is 3. The second-order valence-electron chi connectivity index (χ2n) is 4.96. The molecule has 4 nitrogen and oxygen atoms in total. The van der Waals surface area contributed by atoms with Crippen LogP contribution in [0.1, 0.15) is 5.56 Å². The van der Waals surface area contributed by atoms with Gasteiger partial charge in [-0.05, 0) is 36.8 Å². The van der Waals surface area contributed by atoms with Gasteiger partial charge in [0.1, 0.15) is 5.75 Å². The molecule has 2 rings (SSSR count). The summed E-state index contributed by atoms with van der Waals surface area (Å²) >= 11 is 0. The van der Waals surface area contributed by atoms with Gasteiger partial charge in [0.2, 0.25) is 5.75 Å². The van der Waals surface area contributed by atoms with Crippen LogP contribution in [-0.2, 0) is 0 Å². The van der Waals surface area contributed by atoms with E-state index in [2.05, 4.69) is 4.74 Å². The standard InChI is InChI=1S/C17H17F3O4/c1-10-5-6-13(24-17(18,19)20)12(7-10)11-8-14(21-2)16(23-4)15(9-11)22-3/h5-9H,1-4H3. The maximum absolute atomic E-state index is 12.7. The smallest absolute Gasteiger partial charge is 0.493 e. The third kappa shape index (κ3) is 3.84. The maximum Gasteiger partial charge on any atom is 0.573 e. The molecule has 130 valence electrons. The molecule has 0 aliphatic rings. The minimum atomic E-state index is -4.79. The lowest BCUT2D eigenvalue weighted by atomic mass is 10.0. The first kappa shape index (κ1) is 17.8. The van der Waals surface area contributed by atoms with E-state index in [1.165, 1.54) is 27.4 Å². The highest BCUT2D eigenvalue weighted by molar-refractivity contribution is 5.76. The molecule has 0 N–H and O–H groups in total. The lowest BCUT2D eigenvalue weighted by Crippen LogP contribution is -2.17. The van der Waals surface area contributed by atoms with Crippen molar-refractivity contribution in [2.45, 2.75) is 13.3 Å². The van der Waals surface area contributed by atoms with Crippen LogP contribution in [0.5, 0.6) is 23.0 Å². The average Bonchev–Trinajstić information content (AvgIpc) is 2.53. The highest BCUT2D eigenvalue weighted by atomic mass is 19.4. The van der Waals surface area contributed by atoms with E-state index in [1.54, 1.807) is 31.2 Å². The Morgan fingerprint density at radius 2 is 1.38 bits per heavy atom. The second kappa shape index (κ2) is 6.90. The zero-order valence-electron chi connectivity index (χ0n) is 13.7. The Labute approximate surface area is 137 Å². The summed E-state index contributed by atoms with van der Waals surface area (Å²) in [5, 5.41) is 0. The monoisotopic (exact) mass is 342 g/mol. The van der Waals surface area contributed by atoms with Crippen LogP contribution in [0.2, 0.25) is 0 Å². The molecule has 2 aromatic rings. The van der Waals surface area contributed by atoms with Crippen LogP contribution < -0.4 is 18.9 Å². The van der Waals surface area contributed by atoms with Crippen molar-refractivity contribution in [1.82, 2.24) is 0 Å². The Morgan fingerprint density at radius 1 is 0.792 bits per heavy atom.